The maximum atomic E-state index is 6.16. The van der Waals surface area contributed by atoms with E-state index < -0.39 is 6.69 Å². The van der Waals surface area contributed by atoms with E-state index in [-0.39, 0.29) is 5.54 Å². The van der Waals surface area contributed by atoms with Gasteiger partial charge < -0.3 is 0 Å². The molecular weight excluding hydrogens is 219 g/mol. The van der Waals surface area contributed by atoms with Crippen molar-refractivity contribution in [2.45, 2.75) is 25.9 Å². The van der Waals surface area contributed by atoms with Gasteiger partial charge in [-0.1, -0.05) is 36.8 Å². The maximum Gasteiger partial charge on any atom is 0.255 e. The molecule has 0 radical (unpaired) electrons. The second kappa shape index (κ2) is 4.03. The Balaban J connectivity index is 2.90. The summed E-state index contributed by atoms with van der Waals surface area (Å²) in [5.41, 5.74) is 2.80. The Hall–Kier alpha value is 0.0169. The number of hydrogen-bond acceptors (Lipinski definition) is 0. The highest BCUT2D eigenvalue weighted by Crippen LogP contribution is 2.32. The van der Waals surface area contributed by atoms with E-state index in [1.165, 1.54) is 11.1 Å². The van der Waals surface area contributed by atoms with Crippen molar-refractivity contribution >= 4 is 28.9 Å². The highest BCUT2D eigenvalue weighted by Gasteiger charge is 2.30. The average molecular weight is 233 g/mol. The number of hydrogen-bond donors (Lipinski definition) is 0. The zero-order valence-corrected chi connectivity index (χ0v) is 10.7. The zero-order valence-electron chi connectivity index (χ0n) is 8.14. The van der Waals surface area contributed by atoms with Crippen LogP contribution in [0.2, 0.25) is 6.55 Å². The van der Waals surface area contributed by atoms with Crippen LogP contribution in [0, 0.1) is 6.92 Å². The minimum Gasteiger partial charge on any atom is -0.145 e. The first kappa shape index (κ1) is 11.1. The smallest absolute Gasteiger partial charge is 0.145 e. The van der Waals surface area contributed by atoms with Gasteiger partial charge in [-0.3, -0.25) is 0 Å². The molecule has 3 heteroatoms. The average Bonchev–Trinajstić information content (AvgIpc) is 2.03. The molecule has 1 unspecified atom stereocenters. The minimum absolute atomic E-state index is 0.288. The van der Waals surface area contributed by atoms with Crippen molar-refractivity contribution in [3.8, 4) is 0 Å². The van der Waals surface area contributed by atoms with Gasteiger partial charge in [0, 0.05) is 5.54 Å². The highest BCUT2D eigenvalue weighted by atomic mass is 35.7. The fourth-order valence-electron chi connectivity index (χ4n) is 1.15. The molecule has 0 fully saturated rings. The molecule has 0 N–H and O–H groups in total. The van der Waals surface area contributed by atoms with Gasteiger partial charge in [0.2, 0.25) is 0 Å². The Kier molecular flexibility index (Phi) is 3.44. The summed E-state index contributed by atoms with van der Waals surface area (Å²) in [5, 5.41) is 0. The molecule has 0 bridgehead atoms. The standard InChI is InChI=1S/C10H14Cl2Si/c1-8-4-6-10(7-5-8)9(2)13(3,11)12/h4-7,9H,1-3H3. The monoisotopic (exact) mass is 232 g/mol. The lowest BCUT2D eigenvalue weighted by Gasteiger charge is -2.20. The van der Waals surface area contributed by atoms with E-state index in [2.05, 4.69) is 38.1 Å². The SMILES string of the molecule is Cc1ccc(C(C)[Si](C)(Cl)Cl)cc1. The Bertz CT molecular complexity index is 274. The summed E-state index contributed by atoms with van der Waals surface area (Å²) in [6.45, 7) is 4.05. The molecule has 0 saturated heterocycles. The Morgan fingerprint density at radius 2 is 1.62 bits per heavy atom. The first-order valence-electron chi connectivity index (χ1n) is 4.35. The molecule has 0 aliphatic carbocycles. The van der Waals surface area contributed by atoms with Crippen LogP contribution in [-0.4, -0.2) is 6.69 Å². The van der Waals surface area contributed by atoms with Crippen LogP contribution >= 0.6 is 22.2 Å². The van der Waals surface area contributed by atoms with Crippen molar-refractivity contribution in [3.05, 3.63) is 35.4 Å². The van der Waals surface area contributed by atoms with E-state index in [1.807, 2.05) is 6.55 Å². The molecule has 0 aliphatic heterocycles. The van der Waals surface area contributed by atoms with E-state index >= 15 is 0 Å². The Morgan fingerprint density at radius 1 is 1.15 bits per heavy atom. The molecule has 0 saturated carbocycles. The first-order valence-corrected chi connectivity index (χ1v) is 8.96. The van der Waals surface area contributed by atoms with Gasteiger partial charge in [0.1, 0.15) is 0 Å². The summed E-state index contributed by atoms with van der Waals surface area (Å²) in [6, 6.07) is 8.41. The molecule has 1 rings (SSSR count). The summed E-state index contributed by atoms with van der Waals surface area (Å²) in [5.74, 6) is 0. The van der Waals surface area contributed by atoms with Gasteiger partial charge in [0.15, 0.2) is 0 Å². The summed E-state index contributed by atoms with van der Waals surface area (Å²) < 4.78 is 0. The molecule has 0 aromatic heterocycles. The van der Waals surface area contributed by atoms with Crippen LogP contribution in [-0.2, 0) is 0 Å². The van der Waals surface area contributed by atoms with Crippen molar-refractivity contribution in [1.82, 2.24) is 0 Å². The third kappa shape index (κ3) is 3.01. The predicted molar refractivity (Wildman–Crippen MR) is 62.9 cm³/mol. The van der Waals surface area contributed by atoms with Crippen LogP contribution in [0.1, 0.15) is 23.6 Å². The lowest BCUT2D eigenvalue weighted by Crippen LogP contribution is -2.23. The zero-order chi connectivity index (χ0) is 10.1. The second-order valence-electron chi connectivity index (χ2n) is 3.59. The van der Waals surface area contributed by atoms with Crippen molar-refractivity contribution in [2.75, 3.05) is 0 Å². The largest absolute Gasteiger partial charge is 0.255 e. The second-order valence-corrected chi connectivity index (χ2v) is 11.7. The molecule has 0 nitrogen and oxygen atoms in total. The van der Waals surface area contributed by atoms with Crippen LogP contribution < -0.4 is 0 Å². The fourth-order valence-corrected chi connectivity index (χ4v) is 2.68. The van der Waals surface area contributed by atoms with Crippen LogP contribution in [0.4, 0.5) is 0 Å². The predicted octanol–water partition coefficient (Wildman–Crippen LogP) is 4.19. The summed E-state index contributed by atoms with van der Waals surface area (Å²) >= 11 is 12.3. The van der Waals surface area contributed by atoms with Gasteiger partial charge in [-0.2, -0.15) is 0 Å². The lowest BCUT2D eigenvalue weighted by atomic mass is 10.1. The number of benzene rings is 1. The molecule has 0 aliphatic rings. The van der Waals surface area contributed by atoms with Gasteiger partial charge in [-0.05, 0) is 19.0 Å². The Morgan fingerprint density at radius 3 is 2.00 bits per heavy atom. The van der Waals surface area contributed by atoms with E-state index in [9.17, 15) is 0 Å². The summed E-state index contributed by atoms with van der Waals surface area (Å²) in [6.07, 6.45) is 0. The molecule has 1 aromatic carbocycles. The quantitative estimate of drug-likeness (QED) is 0.530. The molecule has 13 heavy (non-hydrogen) atoms. The molecule has 72 valence electrons. The van der Waals surface area contributed by atoms with Crippen molar-refractivity contribution in [3.63, 3.8) is 0 Å². The topological polar surface area (TPSA) is 0 Å². The van der Waals surface area contributed by atoms with Gasteiger partial charge in [-0.15, -0.1) is 22.2 Å². The van der Waals surface area contributed by atoms with E-state index in [1.54, 1.807) is 0 Å². The van der Waals surface area contributed by atoms with Gasteiger partial charge in [0.05, 0.1) is 0 Å². The van der Waals surface area contributed by atoms with Gasteiger partial charge in [-0.25, -0.2) is 0 Å². The maximum absolute atomic E-state index is 6.16. The number of aryl methyl sites for hydroxylation is 1. The van der Waals surface area contributed by atoms with Crippen LogP contribution in [0.5, 0.6) is 0 Å². The van der Waals surface area contributed by atoms with E-state index in [4.69, 9.17) is 22.2 Å². The highest BCUT2D eigenvalue weighted by molar-refractivity contribution is 7.45. The first-order chi connectivity index (χ1) is 5.91. The fraction of sp³-hybridized carbons (Fsp3) is 0.400. The van der Waals surface area contributed by atoms with Crippen LogP contribution in [0.3, 0.4) is 0 Å². The third-order valence-electron chi connectivity index (χ3n) is 2.34. The van der Waals surface area contributed by atoms with Crippen molar-refractivity contribution in [2.24, 2.45) is 0 Å². The lowest BCUT2D eigenvalue weighted by molar-refractivity contribution is 1.05. The van der Waals surface area contributed by atoms with Crippen LogP contribution in [0.25, 0.3) is 0 Å². The third-order valence-corrected chi connectivity index (χ3v) is 6.16. The van der Waals surface area contributed by atoms with Crippen molar-refractivity contribution < 1.29 is 0 Å². The molecule has 1 atom stereocenters. The molecule has 0 spiro atoms. The molecule has 1 aromatic rings. The number of rotatable bonds is 2. The molecular formula is C10H14Cl2Si. The van der Waals surface area contributed by atoms with Gasteiger partial charge >= 0.3 is 0 Å². The summed E-state index contributed by atoms with van der Waals surface area (Å²) in [4.78, 5) is 0. The van der Waals surface area contributed by atoms with E-state index in [0.717, 1.165) is 0 Å². The summed E-state index contributed by atoms with van der Waals surface area (Å²) in [7, 11) is 0. The molecule has 0 heterocycles. The minimum atomic E-state index is -2.07. The van der Waals surface area contributed by atoms with Gasteiger partial charge in [0.25, 0.3) is 6.69 Å². The normalized spacial score (nSPS) is 14.2. The van der Waals surface area contributed by atoms with E-state index in [0.29, 0.717) is 0 Å². The van der Waals surface area contributed by atoms with Crippen molar-refractivity contribution in [1.29, 1.82) is 0 Å². The number of halogens is 2. The Labute approximate surface area is 90.3 Å². The van der Waals surface area contributed by atoms with Crippen LogP contribution in [0.15, 0.2) is 24.3 Å². The molecule has 0 amide bonds.